The Bertz CT molecular complexity index is 767. The van der Waals surface area contributed by atoms with E-state index in [0.717, 1.165) is 30.0 Å². The van der Waals surface area contributed by atoms with E-state index in [2.05, 4.69) is 10.1 Å². The van der Waals surface area contributed by atoms with Gasteiger partial charge in [-0.15, -0.1) is 11.3 Å². The zero-order valence-corrected chi connectivity index (χ0v) is 14.5. The van der Waals surface area contributed by atoms with Gasteiger partial charge >= 0.3 is 5.97 Å². The molecule has 128 valence electrons. The largest absolute Gasteiger partial charge is 0.478 e. The number of aromatic carboxylic acids is 1. The Morgan fingerprint density at radius 1 is 1.46 bits per heavy atom. The third-order valence-electron chi connectivity index (χ3n) is 4.31. The van der Waals surface area contributed by atoms with E-state index in [1.54, 1.807) is 23.3 Å². The van der Waals surface area contributed by atoms with Gasteiger partial charge in [0.15, 0.2) is 0 Å². The van der Waals surface area contributed by atoms with Crippen LogP contribution >= 0.6 is 11.3 Å². The molecular weight excluding hydrogens is 328 g/mol. The third kappa shape index (κ3) is 3.33. The highest BCUT2D eigenvalue weighted by atomic mass is 32.1. The molecule has 3 rings (SSSR count). The van der Waals surface area contributed by atoms with Gasteiger partial charge in [0, 0.05) is 37.6 Å². The van der Waals surface area contributed by atoms with Crippen LogP contribution in [0.2, 0.25) is 0 Å². The molecule has 0 aromatic carbocycles. The van der Waals surface area contributed by atoms with Crippen LogP contribution < -0.4 is 0 Å². The van der Waals surface area contributed by atoms with Crippen molar-refractivity contribution in [3.05, 3.63) is 33.5 Å². The highest BCUT2D eigenvalue weighted by Crippen LogP contribution is 2.24. The SMILES string of the molecule is Cc1csc(CC2CCCN(C(=O)c3c(C(=O)O)cnn3C)C2)n1. The van der Waals surface area contributed by atoms with Crippen molar-refractivity contribution in [1.29, 1.82) is 0 Å². The Balaban J connectivity index is 1.73. The summed E-state index contributed by atoms with van der Waals surface area (Å²) in [6.45, 7) is 3.25. The highest BCUT2D eigenvalue weighted by Gasteiger charge is 2.30. The summed E-state index contributed by atoms with van der Waals surface area (Å²) in [5.41, 5.74) is 1.13. The molecule has 0 aliphatic carbocycles. The van der Waals surface area contributed by atoms with Crippen LogP contribution in [0.4, 0.5) is 0 Å². The third-order valence-corrected chi connectivity index (χ3v) is 5.30. The van der Waals surface area contributed by atoms with Gasteiger partial charge in [-0.1, -0.05) is 0 Å². The van der Waals surface area contributed by atoms with E-state index in [-0.39, 0.29) is 17.2 Å². The zero-order chi connectivity index (χ0) is 17.3. The second-order valence-corrected chi connectivity index (χ2v) is 7.12. The van der Waals surface area contributed by atoms with Gasteiger partial charge in [-0.3, -0.25) is 9.48 Å². The van der Waals surface area contributed by atoms with Crippen LogP contribution in [0.25, 0.3) is 0 Å². The van der Waals surface area contributed by atoms with Crippen LogP contribution in [0, 0.1) is 12.8 Å². The van der Waals surface area contributed by atoms with E-state index in [9.17, 15) is 14.7 Å². The van der Waals surface area contributed by atoms with E-state index in [0.29, 0.717) is 19.0 Å². The van der Waals surface area contributed by atoms with Gasteiger partial charge in [0.05, 0.1) is 11.2 Å². The van der Waals surface area contributed by atoms with Crippen LogP contribution in [0.1, 0.15) is 44.4 Å². The molecule has 0 spiro atoms. The van der Waals surface area contributed by atoms with E-state index in [1.165, 1.54) is 10.9 Å². The summed E-state index contributed by atoms with van der Waals surface area (Å²) < 4.78 is 1.35. The molecular formula is C16H20N4O3S. The lowest BCUT2D eigenvalue weighted by atomic mass is 9.94. The number of piperidine rings is 1. The minimum atomic E-state index is -1.13. The lowest BCUT2D eigenvalue weighted by Crippen LogP contribution is -2.41. The molecule has 1 aliphatic rings. The van der Waals surface area contributed by atoms with E-state index in [1.807, 2.05) is 12.3 Å². The summed E-state index contributed by atoms with van der Waals surface area (Å²) in [5, 5.41) is 16.3. The van der Waals surface area contributed by atoms with Gasteiger partial charge in [0.2, 0.25) is 0 Å². The molecule has 1 fully saturated rings. The number of aromatic nitrogens is 3. The van der Waals surface area contributed by atoms with Gasteiger partial charge in [-0.05, 0) is 25.7 Å². The van der Waals surface area contributed by atoms with Gasteiger partial charge in [0.1, 0.15) is 11.3 Å². The molecule has 0 radical (unpaired) electrons. The second-order valence-electron chi connectivity index (χ2n) is 6.18. The average Bonchev–Trinajstić information content (AvgIpc) is 3.12. The van der Waals surface area contributed by atoms with Crippen molar-refractivity contribution in [1.82, 2.24) is 19.7 Å². The lowest BCUT2D eigenvalue weighted by molar-refractivity contribution is 0.0633. The number of nitrogens with zero attached hydrogens (tertiary/aromatic N) is 4. The van der Waals surface area contributed by atoms with Crippen molar-refractivity contribution in [3.8, 4) is 0 Å². The summed E-state index contributed by atoms with van der Waals surface area (Å²) >= 11 is 1.65. The van der Waals surface area contributed by atoms with Crippen LogP contribution in [-0.4, -0.2) is 49.7 Å². The normalized spacial score (nSPS) is 17.9. The van der Waals surface area contributed by atoms with Crippen molar-refractivity contribution in [3.63, 3.8) is 0 Å². The number of thiazole rings is 1. The van der Waals surface area contributed by atoms with E-state index < -0.39 is 5.97 Å². The minimum absolute atomic E-state index is 0.0415. The first-order valence-corrected chi connectivity index (χ1v) is 8.79. The topological polar surface area (TPSA) is 88.3 Å². The minimum Gasteiger partial charge on any atom is -0.478 e. The molecule has 1 amide bonds. The number of aryl methyl sites for hydroxylation is 2. The Morgan fingerprint density at radius 2 is 2.25 bits per heavy atom. The highest BCUT2D eigenvalue weighted by molar-refractivity contribution is 7.09. The number of rotatable bonds is 4. The molecule has 1 N–H and O–H groups in total. The number of carbonyl (C=O) groups is 2. The molecule has 2 aromatic rings. The van der Waals surface area contributed by atoms with Crippen LogP contribution in [0.3, 0.4) is 0 Å². The Kier molecular flexibility index (Phi) is 4.66. The first kappa shape index (κ1) is 16.6. The molecule has 1 saturated heterocycles. The first-order valence-electron chi connectivity index (χ1n) is 7.91. The molecule has 0 saturated carbocycles. The van der Waals surface area contributed by atoms with Crippen LogP contribution in [0.15, 0.2) is 11.6 Å². The smallest absolute Gasteiger partial charge is 0.339 e. The maximum absolute atomic E-state index is 12.8. The standard InChI is InChI=1S/C16H20N4O3S/c1-10-9-24-13(18-10)6-11-4-3-5-20(8-11)15(21)14-12(16(22)23)7-17-19(14)2/h7,9,11H,3-6,8H2,1-2H3,(H,22,23). The van der Waals surface area contributed by atoms with Crippen molar-refractivity contribution in [2.45, 2.75) is 26.2 Å². The van der Waals surface area contributed by atoms with Gasteiger partial charge in [0.25, 0.3) is 5.91 Å². The molecule has 1 atom stereocenters. The molecule has 0 bridgehead atoms. The molecule has 2 aromatic heterocycles. The monoisotopic (exact) mass is 348 g/mol. The predicted molar refractivity (Wildman–Crippen MR) is 89.3 cm³/mol. The van der Waals surface area contributed by atoms with Crippen molar-refractivity contribution >= 4 is 23.2 Å². The predicted octanol–water partition coefficient (Wildman–Crippen LogP) is 1.98. The summed E-state index contributed by atoms with van der Waals surface area (Å²) in [6, 6.07) is 0. The number of carboxylic acids is 1. The molecule has 7 nitrogen and oxygen atoms in total. The van der Waals surface area contributed by atoms with Gasteiger partial charge < -0.3 is 10.0 Å². The maximum atomic E-state index is 12.8. The fourth-order valence-electron chi connectivity index (χ4n) is 3.16. The van der Waals surface area contributed by atoms with Gasteiger partial charge in [-0.2, -0.15) is 5.10 Å². The molecule has 1 unspecified atom stereocenters. The van der Waals surface area contributed by atoms with Crippen molar-refractivity contribution < 1.29 is 14.7 Å². The lowest BCUT2D eigenvalue weighted by Gasteiger charge is -2.32. The van der Waals surface area contributed by atoms with E-state index >= 15 is 0 Å². The van der Waals surface area contributed by atoms with Crippen LogP contribution in [-0.2, 0) is 13.5 Å². The summed E-state index contributed by atoms with van der Waals surface area (Å²) in [4.78, 5) is 30.3. The second kappa shape index (κ2) is 6.72. The fraction of sp³-hybridized carbons (Fsp3) is 0.500. The number of carboxylic acid groups (broad SMARTS) is 1. The summed E-state index contributed by atoms with van der Waals surface area (Å²) in [7, 11) is 1.60. The molecule has 3 heterocycles. The Hall–Kier alpha value is -2.22. The fourth-order valence-corrected chi connectivity index (χ4v) is 4.04. The molecule has 24 heavy (non-hydrogen) atoms. The van der Waals surface area contributed by atoms with E-state index in [4.69, 9.17) is 0 Å². The summed E-state index contributed by atoms with van der Waals surface area (Å²) in [5.74, 6) is -1.03. The quantitative estimate of drug-likeness (QED) is 0.913. The number of amides is 1. The van der Waals surface area contributed by atoms with Crippen molar-refractivity contribution in [2.24, 2.45) is 13.0 Å². The number of hydrogen-bond acceptors (Lipinski definition) is 5. The Morgan fingerprint density at radius 3 is 2.92 bits per heavy atom. The average molecular weight is 348 g/mol. The zero-order valence-electron chi connectivity index (χ0n) is 13.7. The van der Waals surface area contributed by atoms with Crippen molar-refractivity contribution in [2.75, 3.05) is 13.1 Å². The molecule has 1 aliphatic heterocycles. The number of likely N-dealkylation sites (tertiary alicyclic amines) is 1. The first-order chi connectivity index (χ1) is 11.5. The molecule has 8 heteroatoms. The summed E-state index contributed by atoms with van der Waals surface area (Å²) in [6.07, 6.45) is 4.06. The number of carbonyl (C=O) groups excluding carboxylic acids is 1. The Labute approximate surface area is 143 Å². The van der Waals surface area contributed by atoms with Gasteiger partial charge in [-0.25, -0.2) is 9.78 Å². The van der Waals surface area contributed by atoms with Crippen LogP contribution in [0.5, 0.6) is 0 Å². The maximum Gasteiger partial charge on any atom is 0.339 e. The number of hydrogen-bond donors (Lipinski definition) is 1.